The predicted molar refractivity (Wildman–Crippen MR) is 142 cm³/mol. The number of hydrogen-bond donors (Lipinski definition) is 2. The molecule has 0 saturated carbocycles. The summed E-state index contributed by atoms with van der Waals surface area (Å²) < 4.78 is 11.5. The van der Waals surface area contributed by atoms with E-state index in [1.807, 2.05) is 18.2 Å². The van der Waals surface area contributed by atoms with Crippen molar-refractivity contribution in [2.75, 3.05) is 50.1 Å². The lowest BCUT2D eigenvalue weighted by Gasteiger charge is -2.19. The molecule has 5 rings (SSSR count). The summed E-state index contributed by atoms with van der Waals surface area (Å²) in [4.78, 5) is 24.6. The zero-order valence-electron chi connectivity index (χ0n) is 21.2. The van der Waals surface area contributed by atoms with Crippen LogP contribution in [-0.2, 0) is 9.53 Å². The van der Waals surface area contributed by atoms with E-state index >= 15 is 0 Å². The third-order valence-electron chi connectivity index (χ3n) is 6.92. The van der Waals surface area contributed by atoms with Crippen LogP contribution in [0.15, 0.2) is 54.7 Å². The molecule has 10 nitrogen and oxygen atoms in total. The highest BCUT2D eigenvalue weighted by atomic mass is 16.5. The van der Waals surface area contributed by atoms with Crippen LogP contribution >= 0.6 is 0 Å². The third kappa shape index (κ3) is 5.69. The van der Waals surface area contributed by atoms with Gasteiger partial charge in [0.2, 0.25) is 11.9 Å². The fraction of sp³-hybridized carbons (Fsp3) is 0.357. The molecule has 0 radical (unpaired) electrons. The topological polar surface area (TPSA) is 124 Å². The second-order valence-corrected chi connectivity index (χ2v) is 9.38. The normalized spacial score (nSPS) is 18.9. The first-order valence-electron chi connectivity index (χ1n) is 12.6. The number of amides is 1. The molecule has 2 aliphatic heterocycles. The SMILES string of the molecule is COC1CCN(c2cccc(Nc3nccc(-c4ccc(O[C@@H]5CCN(C(=O)CO)C5)c(C#N)c4)n3)c2)C1. The largest absolute Gasteiger partial charge is 0.487 e. The number of hydrogen-bond acceptors (Lipinski definition) is 9. The highest BCUT2D eigenvalue weighted by molar-refractivity contribution is 5.77. The summed E-state index contributed by atoms with van der Waals surface area (Å²) in [5.41, 5.74) is 3.82. The molecule has 0 bridgehead atoms. The number of anilines is 3. The number of aliphatic hydroxyl groups is 1. The predicted octanol–water partition coefficient (Wildman–Crippen LogP) is 2.96. The van der Waals surface area contributed by atoms with Crippen molar-refractivity contribution in [1.29, 1.82) is 5.26 Å². The van der Waals surface area contributed by atoms with E-state index in [0.717, 1.165) is 36.4 Å². The van der Waals surface area contributed by atoms with Crippen LogP contribution in [-0.4, -0.2) is 78.0 Å². The first-order chi connectivity index (χ1) is 18.6. The number of aromatic nitrogens is 2. The Morgan fingerprint density at radius 2 is 2.03 bits per heavy atom. The van der Waals surface area contributed by atoms with E-state index in [0.29, 0.717) is 42.5 Å². The summed E-state index contributed by atoms with van der Waals surface area (Å²) in [5, 5.41) is 22.1. The first-order valence-corrected chi connectivity index (χ1v) is 12.6. The van der Waals surface area contributed by atoms with Crippen molar-refractivity contribution < 1.29 is 19.4 Å². The quantitative estimate of drug-likeness (QED) is 0.467. The minimum absolute atomic E-state index is 0.227. The number of nitrogens with one attached hydrogen (secondary N) is 1. The molecule has 0 aliphatic carbocycles. The van der Waals surface area contributed by atoms with Gasteiger partial charge in [0.25, 0.3) is 0 Å². The number of benzene rings is 2. The van der Waals surface area contributed by atoms with Gasteiger partial charge < -0.3 is 29.7 Å². The van der Waals surface area contributed by atoms with E-state index in [2.05, 4.69) is 38.4 Å². The summed E-state index contributed by atoms with van der Waals surface area (Å²) >= 11 is 0. The third-order valence-corrected chi connectivity index (χ3v) is 6.92. The fourth-order valence-corrected chi connectivity index (χ4v) is 4.85. The smallest absolute Gasteiger partial charge is 0.248 e. The average molecular weight is 515 g/mol. The van der Waals surface area contributed by atoms with Crippen LogP contribution in [0.5, 0.6) is 5.75 Å². The zero-order valence-corrected chi connectivity index (χ0v) is 21.2. The maximum Gasteiger partial charge on any atom is 0.248 e. The Bertz CT molecular complexity index is 1340. The van der Waals surface area contributed by atoms with Crippen LogP contribution in [0, 0.1) is 11.3 Å². The number of ether oxygens (including phenoxy) is 2. The van der Waals surface area contributed by atoms with Gasteiger partial charge in [-0.1, -0.05) is 6.07 Å². The molecule has 2 N–H and O–H groups in total. The Kier molecular flexibility index (Phi) is 7.67. The van der Waals surface area contributed by atoms with Gasteiger partial charge in [0.05, 0.1) is 23.9 Å². The number of likely N-dealkylation sites (tertiary alicyclic amines) is 1. The molecule has 38 heavy (non-hydrogen) atoms. The maximum absolute atomic E-state index is 11.7. The second kappa shape index (κ2) is 11.5. The standard InChI is InChI=1S/C28H30N6O4/c1-37-23-8-11-33(16-23)22-4-2-3-21(14-22)31-28-30-10-7-25(32-28)19-5-6-26(20(13-19)15-29)38-24-9-12-34(17-24)27(36)18-35/h2-7,10,13-14,23-24,35H,8-9,11-12,16-18H2,1H3,(H,30,31,32)/t23?,24-/m1/s1. The minimum atomic E-state index is -0.515. The molecule has 3 aromatic rings. The van der Waals surface area contributed by atoms with Crippen LogP contribution < -0.4 is 15.0 Å². The molecule has 1 aromatic heterocycles. The highest BCUT2D eigenvalue weighted by Gasteiger charge is 2.28. The average Bonchev–Trinajstić information content (AvgIpc) is 3.63. The summed E-state index contributed by atoms with van der Waals surface area (Å²) in [6, 6.07) is 17.5. The minimum Gasteiger partial charge on any atom is -0.487 e. The van der Waals surface area contributed by atoms with Gasteiger partial charge in [0.1, 0.15) is 24.5 Å². The van der Waals surface area contributed by atoms with Crippen LogP contribution in [0.4, 0.5) is 17.3 Å². The molecule has 1 amide bonds. The number of carbonyl (C=O) groups excluding carboxylic acids is 1. The van der Waals surface area contributed by atoms with Crippen molar-refractivity contribution in [3.8, 4) is 23.1 Å². The Balaban J connectivity index is 1.28. The molecule has 2 atom stereocenters. The van der Waals surface area contributed by atoms with Crippen LogP contribution in [0.25, 0.3) is 11.3 Å². The zero-order chi connectivity index (χ0) is 26.5. The Morgan fingerprint density at radius 3 is 2.82 bits per heavy atom. The molecule has 3 heterocycles. The van der Waals surface area contributed by atoms with E-state index in [9.17, 15) is 10.1 Å². The molecule has 2 saturated heterocycles. The Morgan fingerprint density at radius 1 is 1.16 bits per heavy atom. The van der Waals surface area contributed by atoms with Crippen molar-refractivity contribution >= 4 is 23.2 Å². The lowest BCUT2D eigenvalue weighted by molar-refractivity contribution is -0.133. The fourth-order valence-electron chi connectivity index (χ4n) is 4.85. The second-order valence-electron chi connectivity index (χ2n) is 9.38. The molecule has 0 spiro atoms. The number of rotatable bonds is 8. The van der Waals surface area contributed by atoms with Gasteiger partial charge in [-0.3, -0.25) is 4.79 Å². The van der Waals surface area contributed by atoms with Crippen molar-refractivity contribution in [2.45, 2.75) is 25.0 Å². The van der Waals surface area contributed by atoms with E-state index in [1.165, 1.54) is 0 Å². The van der Waals surface area contributed by atoms with Gasteiger partial charge in [-0.15, -0.1) is 0 Å². The molecular formula is C28H30N6O4. The highest BCUT2D eigenvalue weighted by Crippen LogP contribution is 2.29. The van der Waals surface area contributed by atoms with Gasteiger partial charge >= 0.3 is 0 Å². The van der Waals surface area contributed by atoms with Crippen molar-refractivity contribution in [2.24, 2.45) is 0 Å². The molecule has 10 heteroatoms. The molecular weight excluding hydrogens is 484 g/mol. The van der Waals surface area contributed by atoms with Gasteiger partial charge in [-0.25, -0.2) is 9.97 Å². The first kappa shape index (κ1) is 25.4. The number of nitrogens with zero attached hydrogens (tertiary/aromatic N) is 5. The van der Waals surface area contributed by atoms with E-state index < -0.39 is 6.61 Å². The molecule has 2 fully saturated rings. The van der Waals surface area contributed by atoms with Gasteiger partial charge in [-0.2, -0.15) is 5.26 Å². The van der Waals surface area contributed by atoms with Crippen molar-refractivity contribution in [3.05, 3.63) is 60.3 Å². The van der Waals surface area contributed by atoms with E-state index in [-0.39, 0.29) is 18.1 Å². The van der Waals surface area contributed by atoms with Crippen molar-refractivity contribution in [3.63, 3.8) is 0 Å². The van der Waals surface area contributed by atoms with Gasteiger partial charge in [-0.05, 0) is 48.9 Å². The summed E-state index contributed by atoms with van der Waals surface area (Å²) in [6.45, 7) is 2.22. The molecule has 1 unspecified atom stereocenters. The van der Waals surface area contributed by atoms with Gasteiger partial charge in [0, 0.05) is 56.3 Å². The molecule has 2 aromatic carbocycles. The Hall–Kier alpha value is -4.20. The van der Waals surface area contributed by atoms with E-state index in [1.54, 1.807) is 36.4 Å². The lowest BCUT2D eigenvalue weighted by atomic mass is 10.1. The number of carbonyl (C=O) groups is 1. The number of nitriles is 1. The van der Waals surface area contributed by atoms with Crippen molar-refractivity contribution in [1.82, 2.24) is 14.9 Å². The monoisotopic (exact) mass is 514 g/mol. The molecule has 196 valence electrons. The van der Waals surface area contributed by atoms with Crippen LogP contribution in [0.2, 0.25) is 0 Å². The summed E-state index contributed by atoms with van der Waals surface area (Å²) in [5.74, 6) is 0.596. The van der Waals surface area contributed by atoms with E-state index in [4.69, 9.17) is 14.6 Å². The Labute approximate surface area is 221 Å². The van der Waals surface area contributed by atoms with Crippen LogP contribution in [0.1, 0.15) is 18.4 Å². The number of aliphatic hydroxyl groups excluding tert-OH is 1. The molecule has 2 aliphatic rings. The van der Waals surface area contributed by atoms with Gasteiger partial charge in [0.15, 0.2) is 0 Å². The lowest BCUT2D eigenvalue weighted by Crippen LogP contribution is -2.32. The summed E-state index contributed by atoms with van der Waals surface area (Å²) in [6.07, 6.45) is 3.36. The number of methoxy groups -OCH3 is 1. The summed E-state index contributed by atoms with van der Waals surface area (Å²) in [7, 11) is 1.75. The van der Waals surface area contributed by atoms with Crippen LogP contribution in [0.3, 0.4) is 0 Å². The maximum atomic E-state index is 11.7.